The van der Waals surface area contributed by atoms with Gasteiger partial charge in [0, 0.05) is 17.2 Å². The van der Waals surface area contributed by atoms with Gasteiger partial charge in [0.1, 0.15) is 0 Å². The molecule has 136 valence electrons. The van der Waals surface area contributed by atoms with Gasteiger partial charge in [0.15, 0.2) is 0 Å². The first kappa shape index (κ1) is 19.4. The van der Waals surface area contributed by atoms with Crippen LogP contribution in [0.3, 0.4) is 0 Å². The Kier molecular flexibility index (Phi) is 7.09. The Morgan fingerprint density at radius 2 is 1.62 bits per heavy atom. The molecule has 2 aromatic rings. The van der Waals surface area contributed by atoms with E-state index in [2.05, 4.69) is 22.8 Å². The summed E-state index contributed by atoms with van der Waals surface area (Å²) in [7, 11) is 0. The number of nitrogens with one attached hydrogen (secondary N) is 2. The summed E-state index contributed by atoms with van der Waals surface area (Å²) in [4.78, 5) is 24.0. The molecule has 2 N–H and O–H groups in total. The fourth-order valence-electron chi connectivity index (χ4n) is 2.31. The van der Waals surface area contributed by atoms with Crippen molar-refractivity contribution in [1.29, 1.82) is 0 Å². The summed E-state index contributed by atoms with van der Waals surface area (Å²) in [5, 5.41) is 7.10. The number of hydrogen-bond acceptors (Lipinski definition) is 3. The monoisotopic (exact) mass is 351 g/mol. The van der Waals surface area contributed by atoms with Crippen molar-refractivity contribution in [3.8, 4) is 0 Å². The molecule has 0 radical (unpaired) electrons. The zero-order valence-corrected chi connectivity index (χ0v) is 15.5. The second-order valence-corrected chi connectivity index (χ2v) is 6.34. The van der Waals surface area contributed by atoms with Gasteiger partial charge in [0.25, 0.3) is 5.91 Å². The third kappa shape index (κ3) is 5.55. The highest BCUT2D eigenvalue weighted by molar-refractivity contribution is 6.02. The molecule has 5 nitrogen and oxygen atoms in total. The number of anilines is 1. The van der Waals surface area contributed by atoms with E-state index >= 15 is 0 Å². The number of rotatable bonds is 7. The lowest BCUT2D eigenvalue weighted by Gasteiger charge is -2.09. The van der Waals surface area contributed by atoms with Gasteiger partial charge in [-0.2, -0.15) is 5.10 Å². The van der Waals surface area contributed by atoms with Gasteiger partial charge in [-0.3, -0.25) is 9.59 Å². The Bertz CT molecular complexity index is 766. The van der Waals surface area contributed by atoms with Gasteiger partial charge in [0.2, 0.25) is 5.91 Å². The van der Waals surface area contributed by atoms with Gasteiger partial charge in [-0.05, 0) is 36.2 Å². The second kappa shape index (κ2) is 9.51. The molecule has 0 heterocycles. The first-order valence-corrected chi connectivity index (χ1v) is 8.84. The highest BCUT2D eigenvalue weighted by Gasteiger charge is 2.09. The molecule has 2 amide bonds. The molecule has 0 aliphatic heterocycles. The molecular formula is C21H25N3O2. The summed E-state index contributed by atoms with van der Waals surface area (Å²) in [5.74, 6) is -0.433. The minimum absolute atomic E-state index is 0.0566. The zero-order chi connectivity index (χ0) is 18.9. The minimum atomic E-state index is -0.281. The molecule has 0 fully saturated rings. The highest BCUT2D eigenvalue weighted by Crippen LogP contribution is 2.11. The maximum atomic E-state index is 12.3. The first-order chi connectivity index (χ1) is 12.5. The first-order valence-electron chi connectivity index (χ1n) is 8.84. The zero-order valence-electron chi connectivity index (χ0n) is 15.5. The van der Waals surface area contributed by atoms with Gasteiger partial charge >= 0.3 is 0 Å². The van der Waals surface area contributed by atoms with E-state index in [1.807, 2.05) is 44.2 Å². The Labute approximate surface area is 154 Å². The molecule has 0 atom stereocenters. The van der Waals surface area contributed by atoms with E-state index in [1.54, 1.807) is 24.3 Å². The summed E-state index contributed by atoms with van der Waals surface area (Å²) in [5.41, 5.74) is 5.63. The Hall–Kier alpha value is -2.95. The molecule has 2 aromatic carbocycles. The van der Waals surface area contributed by atoms with Crippen LogP contribution in [0, 0.1) is 5.92 Å². The third-order valence-electron chi connectivity index (χ3n) is 3.83. The maximum absolute atomic E-state index is 12.3. The fourth-order valence-corrected chi connectivity index (χ4v) is 2.31. The molecule has 0 unspecified atom stereocenters. The summed E-state index contributed by atoms with van der Waals surface area (Å²) in [6.45, 7) is 5.73. The molecule has 0 bridgehead atoms. The Balaban J connectivity index is 2.05. The smallest absolute Gasteiger partial charge is 0.271 e. The van der Waals surface area contributed by atoms with Crippen LogP contribution < -0.4 is 10.7 Å². The number of hydrogen-bond donors (Lipinski definition) is 2. The van der Waals surface area contributed by atoms with Crippen molar-refractivity contribution in [2.75, 3.05) is 5.32 Å². The number of carbonyl (C=O) groups excluding carboxylic acids is 2. The Morgan fingerprint density at radius 1 is 0.962 bits per heavy atom. The number of benzene rings is 2. The lowest BCUT2D eigenvalue weighted by Crippen LogP contribution is -2.20. The normalized spacial score (nSPS) is 11.3. The van der Waals surface area contributed by atoms with E-state index in [-0.39, 0.29) is 17.7 Å². The van der Waals surface area contributed by atoms with E-state index < -0.39 is 0 Å². The molecule has 5 heteroatoms. The molecule has 0 aliphatic rings. The summed E-state index contributed by atoms with van der Waals surface area (Å²) in [6.07, 6.45) is 1.72. The molecule has 2 rings (SSSR count). The lowest BCUT2D eigenvalue weighted by molar-refractivity contribution is -0.118. The Morgan fingerprint density at radius 3 is 2.19 bits per heavy atom. The molecule has 0 saturated heterocycles. The van der Waals surface area contributed by atoms with Crippen LogP contribution in [0.1, 0.15) is 49.5 Å². The van der Waals surface area contributed by atoms with Crippen molar-refractivity contribution in [3.05, 3.63) is 65.7 Å². The quantitative estimate of drug-likeness (QED) is 0.579. The molecule has 26 heavy (non-hydrogen) atoms. The van der Waals surface area contributed by atoms with Crippen LogP contribution in [0.4, 0.5) is 5.69 Å². The van der Waals surface area contributed by atoms with Gasteiger partial charge < -0.3 is 5.32 Å². The summed E-state index contributed by atoms with van der Waals surface area (Å²) in [6, 6.07) is 16.6. The van der Waals surface area contributed by atoms with E-state index in [4.69, 9.17) is 0 Å². The van der Waals surface area contributed by atoms with Crippen molar-refractivity contribution in [1.82, 2.24) is 5.43 Å². The van der Waals surface area contributed by atoms with Gasteiger partial charge in [-0.1, -0.05) is 57.5 Å². The third-order valence-corrected chi connectivity index (χ3v) is 3.83. The van der Waals surface area contributed by atoms with E-state index in [9.17, 15) is 9.59 Å². The lowest BCUT2D eigenvalue weighted by atomic mass is 10.1. The number of nitrogens with zero attached hydrogens (tertiary/aromatic N) is 1. The van der Waals surface area contributed by atoms with Crippen LogP contribution in [0.15, 0.2) is 59.7 Å². The number of amides is 2. The van der Waals surface area contributed by atoms with E-state index in [0.29, 0.717) is 11.3 Å². The molecular weight excluding hydrogens is 326 g/mol. The van der Waals surface area contributed by atoms with Crippen molar-refractivity contribution in [2.45, 2.75) is 33.6 Å². The molecule has 0 aromatic heterocycles. The van der Waals surface area contributed by atoms with Crippen molar-refractivity contribution in [3.63, 3.8) is 0 Å². The van der Waals surface area contributed by atoms with Crippen molar-refractivity contribution in [2.24, 2.45) is 11.0 Å². The standard InChI is InChI=1S/C21H25N3O2/c1-4-8-19(16-9-6-5-7-10-16)23-24-21(26)17-11-13-18(14-12-17)22-20(25)15(2)3/h5-7,9-15H,4,8H2,1-3H3,(H,22,25)(H,24,26)/b23-19-. The second-order valence-electron chi connectivity index (χ2n) is 6.34. The van der Waals surface area contributed by atoms with Crippen molar-refractivity contribution < 1.29 is 9.59 Å². The topological polar surface area (TPSA) is 70.6 Å². The predicted molar refractivity (Wildman–Crippen MR) is 105 cm³/mol. The van der Waals surface area contributed by atoms with Crippen LogP contribution in [-0.2, 0) is 4.79 Å². The SMILES string of the molecule is CCC/C(=N/NC(=O)c1ccc(NC(=O)C(C)C)cc1)c1ccccc1. The maximum Gasteiger partial charge on any atom is 0.271 e. The summed E-state index contributed by atoms with van der Waals surface area (Å²) >= 11 is 0. The van der Waals surface area contributed by atoms with Gasteiger partial charge in [-0.25, -0.2) is 5.43 Å². The predicted octanol–water partition coefficient (Wildman–Crippen LogP) is 4.22. The molecule has 0 spiro atoms. The minimum Gasteiger partial charge on any atom is -0.326 e. The van der Waals surface area contributed by atoms with E-state index in [0.717, 1.165) is 24.1 Å². The van der Waals surface area contributed by atoms with Crippen molar-refractivity contribution >= 4 is 23.2 Å². The average Bonchev–Trinajstić information content (AvgIpc) is 2.66. The van der Waals surface area contributed by atoms with Crippen LogP contribution in [-0.4, -0.2) is 17.5 Å². The van der Waals surface area contributed by atoms with Crippen LogP contribution in [0.5, 0.6) is 0 Å². The average molecular weight is 351 g/mol. The fraction of sp³-hybridized carbons (Fsp3) is 0.286. The molecule has 0 aliphatic carbocycles. The molecule has 0 saturated carbocycles. The number of hydrazone groups is 1. The van der Waals surface area contributed by atoms with Crippen LogP contribution >= 0.6 is 0 Å². The van der Waals surface area contributed by atoms with Crippen LogP contribution in [0.25, 0.3) is 0 Å². The van der Waals surface area contributed by atoms with Crippen LogP contribution in [0.2, 0.25) is 0 Å². The highest BCUT2D eigenvalue weighted by atomic mass is 16.2. The summed E-state index contributed by atoms with van der Waals surface area (Å²) < 4.78 is 0. The number of carbonyl (C=O) groups is 2. The largest absolute Gasteiger partial charge is 0.326 e. The van der Waals surface area contributed by atoms with Gasteiger partial charge in [-0.15, -0.1) is 0 Å². The van der Waals surface area contributed by atoms with E-state index in [1.165, 1.54) is 0 Å². The van der Waals surface area contributed by atoms with Gasteiger partial charge in [0.05, 0.1) is 5.71 Å².